The molecule has 0 spiro atoms. The molecule has 3 rings (SSSR count). The van der Waals surface area contributed by atoms with Crippen molar-refractivity contribution in [1.29, 1.82) is 0 Å². The average Bonchev–Trinajstić information content (AvgIpc) is 3.07. The van der Waals surface area contributed by atoms with E-state index in [9.17, 15) is 14.4 Å². The lowest BCUT2D eigenvalue weighted by atomic mass is 10.1. The van der Waals surface area contributed by atoms with Crippen molar-refractivity contribution in [2.45, 2.75) is 6.42 Å². The fourth-order valence-corrected chi connectivity index (χ4v) is 3.44. The summed E-state index contributed by atoms with van der Waals surface area (Å²) >= 11 is 11.8. The van der Waals surface area contributed by atoms with E-state index >= 15 is 0 Å². The first-order valence-electron chi connectivity index (χ1n) is 8.48. The molecule has 1 heterocycles. The molecule has 146 valence electrons. The number of ketones is 1. The van der Waals surface area contributed by atoms with Crippen LogP contribution in [0, 0.1) is 5.92 Å². The first-order valence-corrected chi connectivity index (χ1v) is 9.24. The highest BCUT2D eigenvalue weighted by atomic mass is 35.5. The second kappa shape index (κ2) is 8.63. The molecule has 1 saturated heterocycles. The molecular formula is C20H17Cl2NO5. The average molecular weight is 422 g/mol. The summed E-state index contributed by atoms with van der Waals surface area (Å²) in [5.74, 6) is -1.18. The van der Waals surface area contributed by atoms with Gasteiger partial charge in [-0.05, 0) is 42.5 Å². The van der Waals surface area contributed by atoms with E-state index in [2.05, 4.69) is 0 Å². The molecule has 0 saturated carbocycles. The number of esters is 1. The van der Waals surface area contributed by atoms with Crippen LogP contribution in [0.15, 0.2) is 42.5 Å². The van der Waals surface area contributed by atoms with Crippen molar-refractivity contribution >= 4 is 46.5 Å². The number of carbonyl (C=O) groups is 3. The number of halogens is 2. The van der Waals surface area contributed by atoms with Crippen molar-refractivity contribution in [2.24, 2.45) is 5.92 Å². The van der Waals surface area contributed by atoms with Crippen LogP contribution in [0.4, 0.5) is 5.69 Å². The van der Waals surface area contributed by atoms with Crippen LogP contribution in [0.5, 0.6) is 5.75 Å². The van der Waals surface area contributed by atoms with Gasteiger partial charge in [-0.3, -0.25) is 14.4 Å². The predicted octanol–water partition coefficient (Wildman–Crippen LogP) is 3.78. The lowest BCUT2D eigenvalue weighted by Crippen LogP contribution is -2.27. The maximum Gasteiger partial charge on any atom is 0.311 e. The Balaban J connectivity index is 1.59. The maximum absolute atomic E-state index is 12.3. The molecule has 28 heavy (non-hydrogen) atoms. The number of methoxy groups -OCH3 is 1. The van der Waals surface area contributed by atoms with Gasteiger partial charge in [-0.2, -0.15) is 0 Å². The fraction of sp³-hybridized carbons (Fsp3) is 0.250. The molecule has 1 aliphatic rings. The second-order valence-corrected chi connectivity index (χ2v) is 7.10. The summed E-state index contributed by atoms with van der Waals surface area (Å²) in [4.78, 5) is 38.3. The van der Waals surface area contributed by atoms with E-state index in [1.165, 1.54) is 23.1 Å². The topological polar surface area (TPSA) is 72.9 Å². The SMILES string of the molecule is COc1ccc(N2CC(C(=O)OCC(=O)c3ccc(Cl)cc3Cl)CC2=O)cc1. The highest BCUT2D eigenvalue weighted by Gasteiger charge is 2.36. The monoisotopic (exact) mass is 421 g/mol. The van der Waals surface area contributed by atoms with Gasteiger partial charge in [0.25, 0.3) is 0 Å². The molecule has 1 fully saturated rings. The Bertz CT molecular complexity index is 913. The second-order valence-electron chi connectivity index (χ2n) is 6.26. The van der Waals surface area contributed by atoms with Gasteiger partial charge in [0.2, 0.25) is 11.7 Å². The number of carbonyl (C=O) groups excluding carboxylic acids is 3. The predicted molar refractivity (Wildman–Crippen MR) is 105 cm³/mol. The summed E-state index contributed by atoms with van der Waals surface area (Å²) in [6, 6.07) is 11.4. The summed E-state index contributed by atoms with van der Waals surface area (Å²) in [7, 11) is 1.56. The number of hydrogen-bond donors (Lipinski definition) is 0. The van der Waals surface area contributed by atoms with Crippen LogP contribution in [0.3, 0.4) is 0 Å². The Hall–Kier alpha value is -2.57. The number of benzene rings is 2. The fourth-order valence-electron chi connectivity index (χ4n) is 2.93. The molecule has 0 N–H and O–H groups in total. The third-order valence-electron chi connectivity index (χ3n) is 4.42. The molecule has 1 aliphatic heterocycles. The molecular weight excluding hydrogens is 405 g/mol. The molecule has 1 amide bonds. The van der Waals surface area contributed by atoms with E-state index < -0.39 is 24.3 Å². The van der Waals surface area contributed by atoms with E-state index in [1.54, 1.807) is 31.4 Å². The molecule has 8 heteroatoms. The number of rotatable bonds is 6. The van der Waals surface area contributed by atoms with E-state index in [0.29, 0.717) is 16.5 Å². The third kappa shape index (κ3) is 4.46. The van der Waals surface area contributed by atoms with Gasteiger partial charge in [0, 0.05) is 29.2 Å². The number of amides is 1. The summed E-state index contributed by atoms with van der Waals surface area (Å²) in [6.07, 6.45) is 0.0285. The smallest absolute Gasteiger partial charge is 0.311 e. The summed E-state index contributed by atoms with van der Waals surface area (Å²) in [5, 5.41) is 0.594. The van der Waals surface area contributed by atoms with Crippen LogP contribution in [0.25, 0.3) is 0 Å². The largest absolute Gasteiger partial charge is 0.497 e. The number of anilines is 1. The van der Waals surface area contributed by atoms with Gasteiger partial charge in [-0.1, -0.05) is 23.2 Å². The Morgan fingerprint density at radius 2 is 1.86 bits per heavy atom. The van der Waals surface area contributed by atoms with Crippen LogP contribution < -0.4 is 9.64 Å². The molecule has 0 aromatic heterocycles. The number of Topliss-reactive ketones (excluding diaryl/α,β-unsaturated/α-hetero) is 1. The zero-order valence-corrected chi connectivity index (χ0v) is 16.5. The van der Waals surface area contributed by atoms with Crippen LogP contribution >= 0.6 is 23.2 Å². The van der Waals surface area contributed by atoms with Crippen LogP contribution in [0.2, 0.25) is 10.0 Å². The van der Waals surface area contributed by atoms with Crippen LogP contribution in [0.1, 0.15) is 16.8 Å². The van der Waals surface area contributed by atoms with Crippen molar-refractivity contribution < 1.29 is 23.9 Å². The lowest BCUT2D eigenvalue weighted by molar-refractivity contribution is -0.147. The molecule has 0 bridgehead atoms. The van der Waals surface area contributed by atoms with Crippen molar-refractivity contribution in [3.8, 4) is 5.75 Å². The number of ether oxygens (including phenoxy) is 2. The van der Waals surface area contributed by atoms with E-state index in [1.807, 2.05) is 0 Å². The molecule has 6 nitrogen and oxygen atoms in total. The normalized spacial score (nSPS) is 16.2. The lowest BCUT2D eigenvalue weighted by Gasteiger charge is -2.16. The van der Waals surface area contributed by atoms with Gasteiger partial charge in [-0.25, -0.2) is 0 Å². The van der Waals surface area contributed by atoms with Gasteiger partial charge in [0.1, 0.15) is 5.75 Å². The minimum absolute atomic E-state index is 0.0285. The first-order chi connectivity index (χ1) is 13.4. The van der Waals surface area contributed by atoms with Crippen molar-refractivity contribution in [3.63, 3.8) is 0 Å². The quantitative estimate of drug-likeness (QED) is 0.524. The number of nitrogens with zero attached hydrogens (tertiary/aromatic N) is 1. The summed E-state index contributed by atoms with van der Waals surface area (Å²) < 4.78 is 10.2. The highest BCUT2D eigenvalue weighted by molar-refractivity contribution is 6.36. The standard InChI is InChI=1S/C20H17Cl2NO5/c1-27-15-5-3-14(4-6-15)23-10-12(8-19(23)25)20(26)28-11-18(24)16-7-2-13(21)9-17(16)22/h2-7,9,12H,8,10-11H2,1H3. The highest BCUT2D eigenvalue weighted by Crippen LogP contribution is 2.27. The number of hydrogen-bond acceptors (Lipinski definition) is 5. The molecule has 0 aliphatic carbocycles. The first kappa shape index (κ1) is 20.2. The van der Waals surface area contributed by atoms with Gasteiger partial charge < -0.3 is 14.4 Å². The van der Waals surface area contributed by atoms with Crippen LogP contribution in [-0.4, -0.2) is 37.9 Å². The molecule has 0 radical (unpaired) electrons. The zero-order chi connectivity index (χ0) is 20.3. The Morgan fingerprint density at radius 1 is 1.14 bits per heavy atom. The van der Waals surface area contributed by atoms with Crippen molar-refractivity contribution in [1.82, 2.24) is 0 Å². The summed E-state index contributed by atoms with van der Waals surface area (Å²) in [5.41, 5.74) is 0.895. The van der Waals surface area contributed by atoms with Gasteiger partial charge in [-0.15, -0.1) is 0 Å². The third-order valence-corrected chi connectivity index (χ3v) is 4.97. The Labute approximate surface area is 171 Å². The van der Waals surface area contributed by atoms with Crippen molar-refractivity contribution in [2.75, 3.05) is 25.2 Å². The molecule has 1 unspecified atom stereocenters. The van der Waals surface area contributed by atoms with Gasteiger partial charge in [0.15, 0.2) is 6.61 Å². The summed E-state index contributed by atoms with van der Waals surface area (Å²) in [6.45, 7) is -0.257. The Kier molecular flexibility index (Phi) is 6.21. The minimum Gasteiger partial charge on any atom is -0.497 e. The Morgan fingerprint density at radius 3 is 2.50 bits per heavy atom. The van der Waals surface area contributed by atoms with E-state index in [0.717, 1.165) is 0 Å². The van der Waals surface area contributed by atoms with Crippen molar-refractivity contribution in [3.05, 3.63) is 58.1 Å². The van der Waals surface area contributed by atoms with Gasteiger partial charge >= 0.3 is 5.97 Å². The molecule has 1 atom stereocenters. The minimum atomic E-state index is -0.636. The van der Waals surface area contributed by atoms with Crippen LogP contribution in [-0.2, 0) is 14.3 Å². The van der Waals surface area contributed by atoms with E-state index in [-0.39, 0.29) is 29.5 Å². The maximum atomic E-state index is 12.3. The van der Waals surface area contributed by atoms with E-state index in [4.69, 9.17) is 32.7 Å². The van der Waals surface area contributed by atoms with Gasteiger partial charge in [0.05, 0.1) is 18.1 Å². The zero-order valence-electron chi connectivity index (χ0n) is 15.0. The molecule has 2 aromatic carbocycles. The molecule has 2 aromatic rings.